The summed E-state index contributed by atoms with van der Waals surface area (Å²) in [6.45, 7) is 1.80. The van der Waals surface area contributed by atoms with Gasteiger partial charge >= 0.3 is 0 Å². The molecule has 0 aliphatic heterocycles. The van der Waals surface area contributed by atoms with Gasteiger partial charge in [0.05, 0.1) is 0 Å². The number of hydrogen-bond donors (Lipinski definition) is 1. The van der Waals surface area contributed by atoms with Crippen LogP contribution in [0.5, 0.6) is 0 Å². The van der Waals surface area contributed by atoms with E-state index in [2.05, 4.69) is 12.2 Å². The summed E-state index contributed by atoms with van der Waals surface area (Å²) >= 11 is 4.68. The van der Waals surface area contributed by atoms with Gasteiger partial charge < -0.3 is 10.6 Å². The Balaban J connectivity index is 4.88. The highest BCUT2D eigenvalue weighted by molar-refractivity contribution is 7.80. The lowest BCUT2D eigenvalue weighted by atomic mass is 10.2. The van der Waals surface area contributed by atoms with Crippen molar-refractivity contribution >= 4 is 17.2 Å². The Labute approximate surface area is 72.1 Å². The van der Waals surface area contributed by atoms with E-state index in [0.29, 0.717) is 5.57 Å². The molecule has 0 rings (SSSR count). The minimum atomic E-state index is 0.152. The fourth-order valence-corrected chi connectivity index (χ4v) is 0.731. The highest BCUT2D eigenvalue weighted by atomic mass is 32.1. The topological polar surface area (TPSA) is 53.1 Å². The first-order valence-corrected chi connectivity index (χ1v) is 3.49. The van der Waals surface area contributed by atoms with Gasteiger partial charge in [0.2, 0.25) is 0 Å². The van der Waals surface area contributed by atoms with Gasteiger partial charge in [0.25, 0.3) is 0 Å². The van der Waals surface area contributed by atoms with Crippen LogP contribution in [-0.4, -0.2) is 24.0 Å². The Morgan fingerprint density at radius 3 is 2.09 bits per heavy atom. The average molecular weight is 169 g/mol. The standard InChI is InChI=1S/C7H11N3S/c1-5(10(2)3)6(4-8)7(9)11/h1-3H3,(H2,9,11)/b6-5+. The van der Waals surface area contributed by atoms with Crippen molar-refractivity contribution in [1.29, 1.82) is 5.26 Å². The Bertz CT molecular complexity index is 235. The number of rotatable bonds is 2. The first-order chi connectivity index (χ1) is 5.00. The minimum absolute atomic E-state index is 0.152. The molecule has 0 aromatic rings. The molecule has 0 aromatic heterocycles. The minimum Gasteiger partial charge on any atom is -0.389 e. The summed E-state index contributed by atoms with van der Waals surface area (Å²) in [6, 6.07) is 1.95. The molecule has 0 radical (unpaired) electrons. The summed E-state index contributed by atoms with van der Waals surface area (Å²) in [4.78, 5) is 1.95. The van der Waals surface area contributed by atoms with Crippen molar-refractivity contribution in [3.8, 4) is 6.07 Å². The number of allylic oxidation sites excluding steroid dienone is 1. The van der Waals surface area contributed by atoms with Crippen molar-refractivity contribution in [3.05, 3.63) is 11.3 Å². The molecule has 0 aliphatic carbocycles. The van der Waals surface area contributed by atoms with E-state index in [9.17, 15) is 0 Å². The number of nitriles is 1. The monoisotopic (exact) mass is 169 g/mol. The summed E-state index contributed by atoms with van der Waals surface area (Å²) in [5, 5.41) is 8.61. The van der Waals surface area contributed by atoms with Gasteiger partial charge in [0, 0.05) is 19.8 Å². The van der Waals surface area contributed by atoms with Crippen molar-refractivity contribution in [3.63, 3.8) is 0 Å². The van der Waals surface area contributed by atoms with Crippen LogP contribution < -0.4 is 5.73 Å². The van der Waals surface area contributed by atoms with Gasteiger partial charge in [0.15, 0.2) is 0 Å². The van der Waals surface area contributed by atoms with Crippen LogP contribution in [0.1, 0.15) is 6.92 Å². The molecule has 2 N–H and O–H groups in total. The zero-order valence-corrected chi connectivity index (χ0v) is 7.70. The molecule has 11 heavy (non-hydrogen) atoms. The fraction of sp³-hybridized carbons (Fsp3) is 0.429. The lowest BCUT2D eigenvalue weighted by molar-refractivity contribution is 0.512. The third-order valence-corrected chi connectivity index (χ3v) is 1.59. The van der Waals surface area contributed by atoms with Crippen LogP contribution in [0.4, 0.5) is 0 Å². The first kappa shape index (κ1) is 9.92. The fourth-order valence-electron chi connectivity index (χ4n) is 0.538. The molecule has 0 bridgehead atoms. The third-order valence-electron chi connectivity index (χ3n) is 1.39. The molecule has 0 saturated carbocycles. The Kier molecular flexibility index (Phi) is 3.55. The lowest BCUT2D eigenvalue weighted by Crippen LogP contribution is -2.18. The number of nitrogens with zero attached hydrogens (tertiary/aromatic N) is 2. The van der Waals surface area contributed by atoms with Crippen LogP contribution >= 0.6 is 12.2 Å². The van der Waals surface area contributed by atoms with Gasteiger partial charge in [-0.15, -0.1) is 0 Å². The second-order valence-corrected chi connectivity index (χ2v) is 2.77. The van der Waals surface area contributed by atoms with Crippen LogP contribution in [0.25, 0.3) is 0 Å². The molecule has 0 atom stereocenters. The number of hydrogen-bond acceptors (Lipinski definition) is 3. The van der Waals surface area contributed by atoms with Gasteiger partial charge in [-0.1, -0.05) is 12.2 Å². The van der Waals surface area contributed by atoms with E-state index in [0.717, 1.165) is 5.70 Å². The molecule has 0 heterocycles. The van der Waals surface area contributed by atoms with Crippen molar-refractivity contribution in [1.82, 2.24) is 4.90 Å². The van der Waals surface area contributed by atoms with Crippen LogP contribution in [0, 0.1) is 11.3 Å². The van der Waals surface area contributed by atoms with Gasteiger partial charge in [-0.25, -0.2) is 0 Å². The van der Waals surface area contributed by atoms with Crippen LogP contribution in [0.3, 0.4) is 0 Å². The van der Waals surface area contributed by atoms with Gasteiger partial charge in [0.1, 0.15) is 16.6 Å². The van der Waals surface area contributed by atoms with Gasteiger partial charge in [-0.3, -0.25) is 0 Å². The van der Waals surface area contributed by atoms with E-state index in [1.54, 1.807) is 11.8 Å². The smallest absolute Gasteiger partial charge is 0.116 e. The summed E-state index contributed by atoms with van der Waals surface area (Å²) in [5.74, 6) is 0. The summed E-state index contributed by atoms with van der Waals surface area (Å²) in [7, 11) is 3.68. The SMILES string of the molecule is C/C(=C(/C#N)C(N)=S)N(C)C. The van der Waals surface area contributed by atoms with E-state index in [-0.39, 0.29) is 4.99 Å². The maximum atomic E-state index is 8.61. The predicted molar refractivity (Wildman–Crippen MR) is 48.8 cm³/mol. The van der Waals surface area contributed by atoms with E-state index in [4.69, 9.17) is 11.0 Å². The molecule has 3 nitrogen and oxygen atoms in total. The number of nitrogens with two attached hydrogens (primary N) is 1. The third kappa shape index (κ3) is 2.56. The molecular weight excluding hydrogens is 158 g/mol. The number of thiocarbonyl (C=S) groups is 1. The largest absolute Gasteiger partial charge is 0.389 e. The predicted octanol–water partition coefficient (Wildman–Crippen LogP) is 0.632. The highest BCUT2D eigenvalue weighted by Gasteiger charge is 2.05. The molecule has 0 unspecified atom stereocenters. The van der Waals surface area contributed by atoms with Crippen molar-refractivity contribution in [2.45, 2.75) is 6.92 Å². The quantitative estimate of drug-likeness (QED) is 0.374. The first-order valence-electron chi connectivity index (χ1n) is 3.08. The van der Waals surface area contributed by atoms with Crippen molar-refractivity contribution < 1.29 is 0 Å². The van der Waals surface area contributed by atoms with E-state index in [1.807, 2.05) is 20.2 Å². The second-order valence-electron chi connectivity index (χ2n) is 2.33. The Morgan fingerprint density at radius 1 is 1.55 bits per heavy atom. The summed E-state index contributed by atoms with van der Waals surface area (Å²) in [6.07, 6.45) is 0. The molecule has 60 valence electrons. The van der Waals surface area contributed by atoms with E-state index in [1.165, 1.54) is 0 Å². The molecule has 0 fully saturated rings. The zero-order valence-electron chi connectivity index (χ0n) is 6.88. The Morgan fingerprint density at radius 2 is 2.00 bits per heavy atom. The molecule has 0 amide bonds. The van der Waals surface area contributed by atoms with Crippen molar-refractivity contribution in [2.24, 2.45) is 5.73 Å². The molecule has 4 heteroatoms. The normalized spacial score (nSPS) is 11.5. The van der Waals surface area contributed by atoms with Gasteiger partial charge in [-0.2, -0.15) is 5.26 Å². The Hall–Kier alpha value is -1.08. The molecule has 0 aliphatic rings. The second kappa shape index (κ2) is 3.94. The van der Waals surface area contributed by atoms with E-state index < -0.39 is 0 Å². The molecule has 0 aromatic carbocycles. The average Bonchev–Trinajstić information content (AvgIpc) is 1.88. The van der Waals surface area contributed by atoms with E-state index >= 15 is 0 Å². The van der Waals surface area contributed by atoms with Crippen LogP contribution in [0.15, 0.2) is 11.3 Å². The summed E-state index contributed by atoms with van der Waals surface area (Å²) in [5.41, 5.74) is 6.48. The van der Waals surface area contributed by atoms with Crippen LogP contribution in [0.2, 0.25) is 0 Å². The molecule has 0 spiro atoms. The lowest BCUT2D eigenvalue weighted by Gasteiger charge is -2.13. The highest BCUT2D eigenvalue weighted by Crippen LogP contribution is 2.05. The molecular formula is C7H11N3S. The molecule has 0 saturated heterocycles. The maximum Gasteiger partial charge on any atom is 0.116 e. The van der Waals surface area contributed by atoms with Gasteiger partial charge in [-0.05, 0) is 6.92 Å². The van der Waals surface area contributed by atoms with Crippen LogP contribution in [-0.2, 0) is 0 Å². The van der Waals surface area contributed by atoms with Crippen molar-refractivity contribution in [2.75, 3.05) is 14.1 Å². The summed E-state index contributed by atoms with van der Waals surface area (Å²) < 4.78 is 0. The zero-order chi connectivity index (χ0) is 9.02. The maximum absolute atomic E-state index is 8.61.